The van der Waals surface area contributed by atoms with E-state index < -0.39 is 6.09 Å². The maximum atomic E-state index is 10.4. The lowest BCUT2D eigenvalue weighted by atomic mass is 10.2. The van der Waals surface area contributed by atoms with Gasteiger partial charge in [-0.05, 0) is 18.2 Å². The predicted octanol–water partition coefficient (Wildman–Crippen LogP) is 2.03. The van der Waals surface area contributed by atoms with E-state index in [2.05, 4.69) is 10.3 Å². The summed E-state index contributed by atoms with van der Waals surface area (Å²) >= 11 is 0. The molecule has 1 aromatic heterocycles. The van der Waals surface area contributed by atoms with Crippen LogP contribution < -0.4 is 5.32 Å². The Hall–Kier alpha value is -2.30. The zero-order valence-electron chi connectivity index (χ0n) is 7.64. The summed E-state index contributed by atoms with van der Waals surface area (Å²) in [6, 6.07) is 8.21. The second-order valence-corrected chi connectivity index (χ2v) is 2.98. The normalized spacial score (nSPS) is 10.1. The minimum Gasteiger partial charge on any atom is -0.506 e. The van der Waals surface area contributed by atoms with Crippen molar-refractivity contribution in [1.82, 2.24) is 4.98 Å². The molecule has 0 saturated heterocycles. The Kier molecular flexibility index (Phi) is 2.13. The molecule has 0 radical (unpaired) electrons. The summed E-state index contributed by atoms with van der Waals surface area (Å²) in [7, 11) is 0. The molecule has 0 fully saturated rings. The van der Waals surface area contributed by atoms with E-state index in [4.69, 9.17) is 5.11 Å². The highest BCUT2D eigenvalue weighted by Gasteiger charge is 2.04. The molecular weight excluding hydrogens is 196 g/mol. The minimum absolute atomic E-state index is 0.0292. The molecule has 1 aromatic carbocycles. The third kappa shape index (κ3) is 1.80. The summed E-state index contributed by atoms with van der Waals surface area (Å²) in [5, 5.41) is 20.9. The Balaban J connectivity index is 2.54. The first-order valence-corrected chi connectivity index (χ1v) is 4.25. The number of benzene rings is 1. The Morgan fingerprint density at radius 2 is 2.07 bits per heavy atom. The number of nitrogens with zero attached hydrogens (tertiary/aromatic N) is 1. The van der Waals surface area contributed by atoms with Gasteiger partial charge >= 0.3 is 6.09 Å². The molecule has 5 nitrogen and oxygen atoms in total. The van der Waals surface area contributed by atoms with Crippen LogP contribution in [0.25, 0.3) is 10.9 Å². The average molecular weight is 204 g/mol. The van der Waals surface area contributed by atoms with Crippen molar-refractivity contribution in [2.75, 3.05) is 5.32 Å². The summed E-state index contributed by atoms with van der Waals surface area (Å²) in [6.07, 6.45) is -1.18. The molecule has 0 bridgehead atoms. The molecule has 3 N–H and O–H groups in total. The molecule has 5 heteroatoms. The van der Waals surface area contributed by atoms with Gasteiger partial charge in [0.2, 0.25) is 0 Å². The Morgan fingerprint density at radius 3 is 2.80 bits per heavy atom. The quantitative estimate of drug-likeness (QED) is 0.663. The molecule has 0 saturated carbocycles. The number of para-hydroxylation sites is 1. The highest BCUT2D eigenvalue weighted by atomic mass is 16.4. The van der Waals surface area contributed by atoms with Crippen LogP contribution in [0.15, 0.2) is 30.3 Å². The number of carbonyl (C=O) groups is 1. The van der Waals surface area contributed by atoms with Crippen LogP contribution in [0.2, 0.25) is 0 Å². The monoisotopic (exact) mass is 204 g/mol. The van der Waals surface area contributed by atoms with Crippen LogP contribution in [0, 0.1) is 0 Å². The van der Waals surface area contributed by atoms with Crippen LogP contribution in [0.3, 0.4) is 0 Å². The predicted molar refractivity (Wildman–Crippen MR) is 55.1 cm³/mol. The van der Waals surface area contributed by atoms with Gasteiger partial charge in [-0.2, -0.15) is 0 Å². The van der Waals surface area contributed by atoms with E-state index in [9.17, 15) is 9.90 Å². The van der Waals surface area contributed by atoms with E-state index in [0.717, 1.165) is 5.39 Å². The van der Waals surface area contributed by atoms with Gasteiger partial charge in [-0.1, -0.05) is 12.1 Å². The number of anilines is 1. The zero-order chi connectivity index (χ0) is 10.8. The van der Waals surface area contributed by atoms with Crippen molar-refractivity contribution in [3.63, 3.8) is 0 Å². The molecule has 0 spiro atoms. The molecule has 2 rings (SSSR count). The number of hydrogen-bond acceptors (Lipinski definition) is 3. The molecule has 1 heterocycles. The molecule has 1 amide bonds. The smallest absolute Gasteiger partial charge is 0.410 e. The molecular formula is C10H8N2O3. The number of rotatable bonds is 1. The van der Waals surface area contributed by atoms with Crippen molar-refractivity contribution in [1.29, 1.82) is 0 Å². The van der Waals surface area contributed by atoms with Gasteiger partial charge in [0.15, 0.2) is 0 Å². The second kappa shape index (κ2) is 3.45. The molecule has 0 unspecified atom stereocenters. The summed E-state index contributed by atoms with van der Waals surface area (Å²) < 4.78 is 0. The fourth-order valence-electron chi connectivity index (χ4n) is 1.31. The number of hydrogen-bond donors (Lipinski definition) is 3. The summed E-state index contributed by atoms with van der Waals surface area (Å²) in [5.41, 5.74) is 0.378. The lowest BCUT2D eigenvalue weighted by molar-refractivity contribution is 0.209. The van der Waals surface area contributed by atoms with Crippen LogP contribution >= 0.6 is 0 Å². The van der Waals surface area contributed by atoms with Crippen molar-refractivity contribution in [2.24, 2.45) is 0 Å². The van der Waals surface area contributed by atoms with E-state index in [-0.39, 0.29) is 11.6 Å². The lowest BCUT2D eigenvalue weighted by Gasteiger charge is -2.03. The number of amides is 1. The SMILES string of the molecule is O=C(O)Nc1ccc2cccc(O)c2n1. The maximum absolute atomic E-state index is 10.4. The summed E-state index contributed by atoms with van der Waals surface area (Å²) in [5.74, 6) is 0.220. The maximum Gasteiger partial charge on any atom is 0.410 e. The molecule has 0 atom stereocenters. The van der Waals surface area contributed by atoms with Gasteiger partial charge in [0.1, 0.15) is 17.1 Å². The highest BCUT2D eigenvalue weighted by molar-refractivity contribution is 5.88. The topological polar surface area (TPSA) is 82.5 Å². The van der Waals surface area contributed by atoms with Crippen molar-refractivity contribution in [3.8, 4) is 5.75 Å². The van der Waals surface area contributed by atoms with Crippen molar-refractivity contribution in [3.05, 3.63) is 30.3 Å². The number of aromatic nitrogens is 1. The summed E-state index contributed by atoms with van der Waals surface area (Å²) in [4.78, 5) is 14.3. The standard InChI is InChI=1S/C10H8N2O3/c13-7-3-1-2-6-4-5-8(11-9(6)7)12-10(14)15/h1-5,13H,(H,11,12)(H,14,15). The van der Waals surface area contributed by atoms with Gasteiger partial charge in [0.25, 0.3) is 0 Å². The minimum atomic E-state index is -1.18. The van der Waals surface area contributed by atoms with Crippen molar-refractivity contribution >= 4 is 22.8 Å². The third-order valence-corrected chi connectivity index (χ3v) is 1.93. The number of pyridine rings is 1. The van der Waals surface area contributed by atoms with Crippen LogP contribution in [-0.4, -0.2) is 21.3 Å². The third-order valence-electron chi connectivity index (χ3n) is 1.93. The number of carboxylic acid groups (broad SMARTS) is 1. The number of phenolic OH excluding ortho intramolecular Hbond substituents is 1. The van der Waals surface area contributed by atoms with E-state index in [1.165, 1.54) is 12.1 Å². The van der Waals surface area contributed by atoms with Crippen LogP contribution in [-0.2, 0) is 0 Å². The molecule has 0 aliphatic carbocycles. The Bertz CT molecular complexity index is 525. The lowest BCUT2D eigenvalue weighted by Crippen LogP contribution is -2.08. The Morgan fingerprint density at radius 1 is 1.27 bits per heavy atom. The van der Waals surface area contributed by atoms with E-state index in [0.29, 0.717) is 5.52 Å². The molecule has 0 aliphatic heterocycles. The van der Waals surface area contributed by atoms with Crippen molar-refractivity contribution < 1.29 is 15.0 Å². The first-order chi connectivity index (χ1) is 7.16. The van der Waals surface area contributed by atoms with Gasteiger partial charge in [0.05, 0.1) is 0 Å². The molecule has 76 valence electrons. The average Bonchev–Trinajstić information content (AvgIpc) is 2.18. The van der Waals surface area contributed by atoms with Gasteiger partial charge in [-0.15, -0.1) is 0 Å². The first kappa shape index (κ1) is 9.26. The molecule has 0 aliphatic rings. The number of phenols is 1. The number of aromatic hydroxyl groups is 1. The van der Waals surface area contributed by atoms with Gasteiger partial charge in [-0.25, -0.2) is 9.78 Å². The fraction of sp³-hybridized carbons (Fsp3) is 0. The second-order valence-electron chi connectivity index (χ2n) is 2.98. The van der Waals surface area contributed by atoms with Crippen LogP contribution in [0.5, 0.6) is 5.75 Å². The van der Waals surface area contributed by atoms with E-state index in [1.807, 2.05) is 0 Å². The number of nitrogens with one attached hydrogen (secondary N) is 1. The fourth-order valence-corrected chi connectivity index (χ4v) is 1.31. The highest BCUT2D eigenvalue weighted by Crippen LogP contribution is 2.23. The first-order valence-electron chi connectivity index (χ1n) is 4.25. The van der Waals surface area contributed by atoms with Gasteiger partial charge < -0.3 is 10.2 Å². The Labute approximate surface area is 85.0 Å². The largest absolute Gasteiger partial charge is 0.506 e. The van der Waals surface area contributed by atoms with Crippen molar-refractivity contribution in [2.45, 2.75) is 0 Å². The summed E-state index contributed by atoms with van der Waals surface area (Å²) in [6.45, 7) is 0. The molecule has 2 aromatic rings. The van der Waals surface area contributed by atoms with Gasteiger partial charge in [0, 0.05) is 5.39 Å². The van der Waals surface area contributed by atoms with Crippen LogP contribution in [0.1, 0.15) is 0 Å². The zero-order valence-corrected chi connectivity index (χ0v) is 7.64. The number of fused-ring (bicyclic) bond motifs is 1. The molecule has 15 heavy (non-hydrogen) atoms. The van der Waals surface area contributed by atoms with Crippen LogP contribution in [0.4, 0.5) is 10.6 Å². The van der Waals surface area contributed by atoms with E-state index >= 15 is 0 Å². The van der Waals surface area contributed by atoms with Gasteiger partial charge in [-0.3, -0.25) is 5.32 Å². The van der Waals surface area contributed by atoms with E-state index in [1.54, 1.807) is 18.2 Å².